The molecule has 2 aromatic rings. The van der Waals surface area contributed by atoms with Crippen LogP contribution < -0.4 is 10.5 Å². The molecule has 0 fully saturated rings. The highest BCUT2D eigenvalue weighted by molar-refractivity contribution is 7.11. The van der Waals surface area contributed by atoms with Gasteiger partial charge in [0.1, 0.15) is 5.75 Å². The second kappa shape index (κ2) is 5.98. The summed E-state index contributed by atoms with van der Waals surface area (Å²) in [6.45, 7) is 2.02. The third-order valence-corrected chi connectivity index (χ3v) is 3.70. The summed E-state index contributed by atoms with van der Waals surface area (Å²) < 4.78 is 5.21. The van der Waals surface area contributed by atoms with Crippen LogP contribution in [0.4, 0.5) is 0 Å². The fourth-order valence-corrected chi connectivity index (χ4v) is 2.82. The number of aryl methyl sites for hydroxylation is 1. The summed E-state index contributed by atoms with van der Waals surface area (Å²) in [5.41, 5.74) is 7.39. The molecule has 2 rings (SSSR count). The molecule has 1 unspecified atom stereocenters. The van der Waals surface area contributed by atoms with Crippen molar-refractivity contribution in [3.63, 3.8) is 0 Å². The average Bonchev–Trinajstić information content (AvgIpc) is 2.74. The SMILES string of the molecule is COc1cccc(CC(N)Cc2cnc(C)s2)c1. The molecule has 0 amide bonds. The number of nitrogens with zero attached hydrogens (tertiary/aromatic N) is 1. The van der Waals surface area contributed by atoms with E-state index < -0.39 is 0 Å². The maximum Gasteiger partial charge on any atom is 0.119 e. The molecule has 4 heteroatoms. The Morgan fingerprint density at radius 3 is 2.89 bits per heavy atom. The van der Waals surface area contributed by atoms with Crippen LogP contribution in [0.2, 0.25) is 0 Å². The lowest BCUT2D eigenvalue weighted by atomic mass is 10.0. The topological polar surface area (TPSA) is 48.1 Å². The standard InChI is InChI=1S/C14H18N2OS/c1-10-16-9-14(18-10)8-12(15)6-11-4-3-5-13(7-11)17-2/h3-5,7,9,12H,6,8,15H2,1-2H3. The van der Waals surface area contributed by atoms with Crippen molar-refractivity contribution >= 4 is 11.3 Å². The van der Waals surface area contributed by atoms with Gasteiger partial charge in [-0.15, -0.1) is 11.3 Å². The van der Waals surface area contributed by atoms with Gasteiger partial charge in [0, 0.05) is 17.1 Å². The first-order valence-corrected chi connectivity index (χ1v) is 6.79. The molecule has 1 heterocycles. The summed E-state index contributed by atoms with van der Waals surface area (Å²) in [5.74, 6) is 0.883. The number of thiazole rings is 1. The first-order chi connectivity index (χ1) is 8.67. The van der Waals surface area contributed by atoms with Gasteiger partial charge < -0.3 is 10.5 Å². The zero-order valence-corrected chi connectivity index (χ0v) is 11.5. The maximum atomic E-state index is 6.18. The zero-order valence-electron chi connectivity index (χ0n) is 10.7. The summed E-state index contributed by atoms with van der Waals surface area (Å²) in [5, 5.41) is 1.10. The molecule has 0 saturated carbocycles. The summed E-state index contributed by atoms with van der Waals surface area (Å²) in [6, 6.07) is 8.19. The van der Waals surface area contributed by atoms with Gasteiger partial charge in [-0.2, -0.15) is 0 Å². The molecule has 0 aliphatic heterocycles. The summed E-state index contributed by atoms with van der Waals surface area (Å²) in [7, 11) is 1.68. The molecule has 0 aliphatic rings. The molecule has 0 spiro atoms. The lowest BCUT2D eigenvalue weighted by molar-refractivity contribution is 0.414. The van der Waals surface area contributed by atoms with Crippen molar-refractivity contribution in [2.45, 2.75) is 25.8 Å². The fraction of sp³-hybridized carbons (Fsp3) is 0.357. The van der Waals surface area contributed by atoms with Gasteiger partial charge in [0.25, 0.3) is 0 Å². The Morgan fingerprint density at radius 2 is 2.22 bits per heavy atom. The zero-order chi connectivity index (χ0) is 13.0. The highest BCUT2D eigenvalue weighted by atomic mass is 32.1. The Morgan fingerprint density at radius 1 is 1.39 bits per heavy atom. The van der Waals surface area contributed by atoms with E-state index in [0.717, 1.165) is 23.6 Å². The maximum absolute atomic E-state index is 6.18. The number of ether oxygens (including phenoxy) is 1. The Labute approximate surface area is 112 Å². The minimum Gasteiger partial charge on any atom is -0.497 e. The first kappa shape index (κ1) is 13.1. The van der Waals surface area contributed by atoms with E-state index in [1.54, 1.807) is 18.4 Å². The molecule has 96 valence electrons. The normalized spacial score (nSPS) is 12.4. The van der Waals surface area contributed by atoms with Crippen molar-refractivity contribution in [3.8, 4) is 5.75 Å². The Hall–Kier alpha value is -1.39. The summed E-state index contributed by atoms with van der Waals surface area (Å²) in [6.07, 6.45) is 3.66. The number of hydrogen-bond donors (Lipinski definition) is 1. The van der Waals surface area contributed by atoms with Crippen molar-refractivity contribution < 1.29 is 4.74 Å². The lowest BCUT2D eigenvalue weighted by Crippen LogP contribution is -2.25. The van der Waals surface area contributed by atoms with Crippen LogP contribution >= 0.6 is 11.3 Å². The average molecular weight is 262 g/mol. The van der Waals surface area contributed by atoms with Gasteiger partial charge in [-0.05, 0) is 37.5 Å². The number of benzene rings is 1. The van der Waals surface area contributed by atoms with E-state index in [1.165, 1.54) is 10.4 Å². The van der Waals surface area contributed by atoms with E-state index in [-0.39, 0.29) is 6.04 Å². The third-order valence-electron chi connectivity index (χ3n) is 2.76. The second-order valence-electron chi connectivity index (χ2n) is 4.37. The van der Waals surface area contributed by atoms with Crippen LogP contribution in [-0.2, 0) is 12.8 Å². The van der Waals surface area contributed by atoms with E-state index in [0.29, 0.717) is 0 Å². The minimum atomic E-state index is 0.122. The Bertz CT molecular complexity index is 510. The number of nitrogens with two attached hydrogens (primary N) is 1. The number of methoxy groups -OCH3 is 1. The molecular formula is C14H18N2OS. The van der Waals surface area contributed by atoms with Gasteiger partial charge in [0.2, 0.25) is 0 Å². The quantitative estimate of drug-likeness (QED) is 0.901. The van der Waals surface area contributed by atoms with Crippen molar-refractivity contribution in [2.75, 3.05) is 7.11 Å². The van der Waals surface area contributed by atoms with Gasteiger partial charge in [-0.25, -0.2) is 4.98 Å². The molecule has 1 atom stereocenters. The van der Waals surface area contributed by atoms with Crippen LogP contribution in [0.1, 0.15) is 15.4 Å². The van der Waals surface area contributed by atoms with E-state index in [1.807, 2.05) is 31.3 Å². The first-order valence-electron chi connectivity index (χ1n) is 5.97. The molecule has 0 radical (unpaired) electrons. The number of hydrogen-bond acceptors (Lipinski definition) is 4. The van der Waals surface area contributed by atoms with Crippen LogP contribution in [0.3, 0.4) is 0 Å². The molecule has 0 saturated heterocycles. The number of rotatable bonds is 5. The van der Waals surface area contributed by atoms with Crippen molar-refractivity contribution in [2.24, 2.45) is 5.73 Å². The van der Waals surface area contributed by atoms with E-state index in [2.05, 4.69) is 11.1 Å². The second-order valence-corrected chi connectivity index (χ2v) is 5.68. The van der Waals surface area contributed by atoms with Crippen LogP contribution in [0.25, 0.3) is 0 Å². The van der Waals surface area contributed by atoms with Gasteiger partial charge in [-0.3, -0.25) is 0 Å². The molecular weight excluding hydrogens is 244 g/mol. The molecule has 0 aliphatic carbocycles. The minimum absolute atomic E-state index is 0.122. The molecule has 2 N–H and O–H groups in total. The van der Waals surface area contributed by atoms with Gasteiger partial charge >= 0.3 is 0 Å². The van der Waals surface area contributed by atoms with Crippen molar-refractivity contribution in [1.29, 1.82) is 0 Å². The van der Waals surface area contributed by atoms with Crippen LogP contribution in [0, 0.1) is 6.92 Å². The highest BCUT2D eigenvalue weighted by Crippen LogP contribution is 2.17. The van der Waals surface area contributed by atoms with Gasteiger partial charge in [0.05, 0.1) is 12.1 Å². The monoisotopic (exact) mass is 262 g/mol. The van der Waals surface area contributed by atoms with Gasteiger partial charge in [0.15, 0.2) is 0 Å². The molecule has 1 aromatic heterocycles. The van der Waals surface area contributed by atoms with Crippen molar-refractivity contribution in [1.82, 2.24) is 4.98 Å². The largest absolute Gasteiger partial charge is 0.497 e. The third kappa shape index (κ3) is 3.55. The molecule has 0 bridgehead atoms. The van der Waals surface area contributed by atoms with Crippen LogP contribution in [-0.4, -0.2) is 18.1 Å². The van der Waals surface area contributed by atoms with Crippen LogP contribution in [0.15, 0.2) is 30.5 Å². The van der Waals surface area contributed by atoms with E-state index in [9.17, 15) is 0 Å². The summed E-state index contributed by atoms with van der Waals surface area (Å²) in [4.78, 5) is 5.50. The van der Waals surface area contributed by atoms with Crippen molar-refractivity contribution in [3.05, 3.63) is 45.9 Å². The Kier molecular flexibility index (Phi) is 4.33. The van der Waals surface area contributed by atoms with E-state index >= 15 is 0 Å². The molecule has 18 heavy (non-hydrogen) atoms. The molecule has 1 aromatic carbocycles. The summed E-state index contributed by atoms with van der Waals surface area (Å²) >= 11 is 1.72. The smallest absolute Gasteiger partial charge is 0.119 e. The predicted octanol–water partition coefficient (Wildman–Crippen LogP) is 2.57. The fourth-order valence-electron chi connectivity index (χ4n) is 1.93. The lowest BCUT2D eigenvalue weighted by Gasteiger charge is -2.11. The Balaban J connectivity index is 1.96. The number of aromatic nitrogens is 1. The van der Waals surface area contributed by atoms with Gasteiger partial charge in [-0.1, -0.05) is 12.1 Å². The predicted molar refractivity (Wildman–Crippen MR) is 75.2 cm³/mol. The highest BCUT2D eigenvalue weighted by Gasteiger charge is 2.08. The van der Waals surface area contributed by atoms with Crippen LogP contribution in [0.5, 0.6) is 5.75 Å². The molecule has 3 nitrogen and oxygen atoms in total. The van der Waals surface area contributed by atoms with E-state index in [4.69, 9.17) is 10.5 Å².